The van der Waals surface area contributed by atoms with Crippen molar-refractivity contribution in [3.05, 3.63) is 34.3 Å². The fourth-order valence-corrected chi connectivity index (χ4v) is 1.48. The van der Waals surface area contributed by atoms with E-state index in [-0.39, 0.29) is 5.56 Å². The normalized spacial score (nSPS) is 14.1. The zero-order valence-electron chi connectivity index (χ0n) is 6.78. The zero-order valence-corrected chi connectivity index (χ0v) is 9.12. The van der Waals surface area contributed by atoms with Gasteiger partial charge in [0.1, 0.15) is 6.04 Å². The average Bonchev–Trinajstić information content (AvgIpc) is 2.07. The van der Waals surface area contributed by atoms with Crippen LogP contribution in [0, 0.1) is 0 Å². The topological polar surface area (TPSA) is 12.0 Å². The Labute approximate surface area is 92.5 Å². The Hall–Kier alpha value is -0.260. The predicted octanol–water partition coefficient (Wildman–Crippen LogP) is 3.80. The van der Waals surface area contributed by atoms with Gasteiger partial charge in [-0.3, -0.25) is 0 Å². The van der Waals surface area contributed by atoms with Gasteiger partial charge in [-0.15, -0.1) is 0 Å². The first-order valence-electron chi connectivity index (χ1n) is 3.63. The summed E-state index contributed by atoms with van der Waals surface area (Å²) >= 11 is 8.18. The van der Waals surface area contributed by atoms with Gasteiger partial charge in [-0.25, -0.2) is 4.84 Å². The van der Waals surface area contributed by atoms with Gasteiger partial charge in [0.2, 0.25) is 0 Å². The minimum atomic E-state index is -4.39. The van der Waals surface area contributed by atoms with E-state index in [2.05, 4.69) is 15.9 Å². The maximum Gasteiger partial charge on any atom is 0.409 e. The molecule has 0 aliphatic carbocycles. The summed E-state index contributed by atoms with van der Waals surface area (Å²) in [5, 5.41) is 0. The van der Waals surface area contributed by atoms with Crippen LogP contribution in [0.3, 0.4) is 0 Å². The van der Waals surface area contributed by atoms with Gasteiger partial charge in [-0.1, -0.05) is 28.1 Å². The third-order valence-corrected chi connectivity index (χ3v) is 2.39. The molecule has 6 heteroatoms. The molecule has 0 heterocycles. The van der Waals surface area contributed by atoms with Crippen LogP contribution in [0.4, 0.5) is 13.2 Å². The van der Waals surface area contributed by atoms with E-state index in [1.807, 2.05) is 0 Å². The Kier molecular flexibility index (Phi) is 3.80. The summed E-state index contributed by atoms with van der Waals surface area (Å²) in [5.41, 5.74) is 0.0794. The van der Waals surface area contributed by atoms with Crippen molar-refractivity contribution in [3.8, 4) is 0 Å². The lowest BCUT2D eigenvalue weighted by Gasteiger charge is -2.18. The highest BCUT2D eigenvalue weighted by molar-refractivity contribution is 9.10. The van der Waals surface area contributed by atoms with Gasteiger partial charge < -0.3 is 0 Å². The minimum absolute atomic E-state index is 0.0794. The second-order valence-corrected chi connectivity index (χ2v) is 3.77. The second kappa shape index (κ2) is 4.51. The van der Waals surface area contributed by atoms with Crippen molar-refractivity contribution >= 4 is 27.7 Å². The van der Waals surface area contributed by atoms with Crippen LogP contribution >= 0.6 is 27.7 Å². The van der Waals surface area contributed by atoms with Crippen LogP contribution in [0.5, 0.6) is 0 Å². The molecule has 1 rings (SSSR count). The molecule has 0 saturated heterocycles. The first-order valence-corrected chi connectivity index (χ1v) is 4.80. The molecule has 0 amide bonds. The molecule has 0 bridgehead atoms. The molecule has 1 atom stereocenters. The third kappa shape index (κ3) is 2.87. The number of nitrogens with one attached hydrogen (secondary N) is 1. The van der Waals surface area contributed by atoms with Gasteiger partial charge in [0.05, 0.1) is 0 Å². The Morgan fingerprint density at radius 2 is 1.71 bits per heavy atom. The van der Waals surface area contributed by atoms with E-state index >= 15 is 0 Å². The minimum Gasteiger partial charge on any atom is -0.217 e. The maximum atomic E-state index is 12.3. The number of rotatable bonds is 2. The van der Waals surface area contributed by atoms with Crippen molar-refractivity contribution in [2.24, 2.45) is 0 Å². The lowest BCUT2D eigenvalue weighted by Crippen LogP contribution is -2.28. The van der Waals surface area contributed by atoms with Crippen LogP contribution in [0.1, 0.15) is 11.6 Å². The monoisotopic (exact) mass is 287 g/mol. The van der Waals surface area contributed by atoms with Gasteiger partial charge in [-0.05, 0) is 29.5 Å². The molecule has 1 aromatic rings. The molecule has 14 heavy (non-hydrogen) atoms. The Morgan fingerprint density at radius 3 is 2.07 bits per heavy atom. The molecule has 1 aromatic carbocycles. The highest BCUT2D eigenvalue weighted by atomic mass is 79.9. The highest BCUT2D eigenvalue weighted by Gasteiger charge is 2.40. The smallest absolute Gasteiger partial charge is 0.217 e. The number of benzene rings is 1. The molecule has 1 N–H and O–H groups in total. The van der Waals surface area contributed by atoms with Gasteiger partial charge in [0.25, 0.3) is 0 Å². The molecule has 0 aliphatic heterocycles. The Balaban J connectivity index is 2.96. The van der Waals surface area contributed by atoms with Crippen LogP contribution in [0.15, 0.2) is 28.7 Å². The van der Waals surface area contributed by atoms with E-state index in [4.69, 9.17) is 11.8 Å². The summed E-state index contributed by atoms with van der Waals surface area (Å²) in [5.74, 6) is 0. The van der Waals surface area contributed by atoms with E-state index in [0.29, 0.717) is 0 Å². The van der Waals surface area contributed by atoms with E-state index in [1.165, 1.54) is 24.3 Å². The summed E-state index contributed by atoms with van der Waals surface area (Å²) in [7, 11) is 0. The first-order chi connectivity index (χ1) is 6.45. The number of alkyl halides is 3. The van der Waals surface area contributed by atoms with Crippen molar-refractivity contribution < 1.29 is 13.2 Å². The fraction of sp³-hybridized carbons (Fsp3) is 0.250. The Bertz CT molecular complexity index is 298. The molecule has 1 nitrogen and oxygen atoms in total. The molecule has 78 valence electrons. The standard InChI is InChI=1S/C8H6BrClF3N/c9-6-3-1-5(2-4-6)7(14-10)8(11,12)13/h1-4,7,14H/t7-/m1/s1. The first kappa shape index (κ1) is 11.8. The van der Waals surface area contributed by atoms with Crippen molar-refractivity contribution in [1.82, 2.24) is 4.84 Å². The van der Waals surface area contributed by atoms with Crippen molar-refractivity contribution in [2.45, 2.75) is 12.2 Å². The van der Waals surface area contributed by atoms with Gasteiger partial charge in [0, 0.05) is 4.47 Å². The molecule has 0 unspecified atom stereocenters. The molecule has 0 spiro atoms. The third-order valence-electron chi connectivity index (χ3n) is 1.64. The summed E-state index contributed by atoms with van der Waals surface area (Å²) in [6.45, 7) is 0. The quantitative estimate of drug-likeness (QED) is 0.816. The number of hydrogen-bond acceptors (Lipinski definition) is 1. The van der Waals surface area contributed by atoms with Crippen molar-refractivity contribution in [1.29, 1.82) is 0 Å². The molecular formula is C8H6BrClF3N. The van der Waals surface area contributed by atoms with Gasteiger partial charge >= 0.3 is 6.18 Å². The van der Waals surface area contributed by atoms with Crippen LogP contribution in [0.2, 0.25) is 0 Å². The van der Waals surface area contributed by atoms with E-state index in [0.717, 1.165) is 4.47 Å². The van der Waals surface area contributed by atoms with Gasteiger partial charge in [0.15, 0.2) is 0 Å². The average molecular weight is 288 g/mol. The fourth-order valence-electron chi connectivity index (χ4n) is 0.969. The van der Waals surface area contributed by atoms with Gasteiger partial charge in [-0.2, -0.15) is 13.2 Å². The van der Waals surface area contributed by atoms with E-state index in [1.54, 1.807) is 4.84 Å². The molecule has 0 aliphatic rings. The van der Waals surface area contributed by atoms with Crippen molar-refractivity contribution in [3.63, 3.8) is 0 Å². The van der Waals surface area contributed by atoms with Crippen LogP contribution in [-0.2, 0) is 0 Å². The number of halogens is 5. The summed E-state index contributed by atoms with van der Waals surface area (Å²) in [6, 6.07) is 3.94. The molecule has 0 radical (unpaired) electrons. The van der Waals surface area contributed by atoms with E-state index < -0.39 is 12.2 Å². The molecule has 0 fully saturated rings. The zero-order chi connectivity index (χ0) is 10.8. The Morgan fingerprint density at radius 1 is 1.21 bits per heavy atom. The van der Waals surface area contributed by atoms with E-state index in [9.17, 15) is 13.2 Å². The molecular weight excluding hydrogens is 282 g/mol. The summed E-state index contributed by atoms with van der Waals surface area (Å²) in [4.78, 5) is 1.71. The maximum absolute atomic E-state index is 12.3. The summed E-state index contributed by atoms with van der Waals surface area (Å²) in [6.07, 6.45) is -4.39. The highest BCUT2D eigenvalue weighted by Crippen LogP contribution is 2.33. The molecule has 0 aromatic heterocycles. The molecule has 0 saturated carbocycles. The summed E-state index contributed by atoms with van der Waals surface area (Å²) < 4.78 is 37.8. The lowest BCUT2D eigenvalue weighted by molar-refractivity contribution is -0.153. The second-order valence-electron chi connectivity index (χ2n) is 2.64. The van der Waals surface area contributed by atoms with Crippen molar-refractivity contribution in [2.75, 3.05) is 0 Å². The van der Waals surface area contributed by atoms with Crippen LogP contribution in [-0.4, -0.2) is 6.18 Å². The number of hydrogen-bond donors (Lipinski definition) is 1. The van der Waals surface area contributed by atoms with Crippen LogP contribution < -0.4 is 4.84 Å². The SMILES string of the molecule is FC(F)(F)[C@H](NCl)c1ccc(Br)cc1. The lowest BCUT2D eigenvalue weighted by atomic mass is 10.1. The van der Waals surface area contributed by atoms with Crippen LogP contribution in [0.25, 0.3) is 0 Å². The predicted molar refractivity (Wildman–Crippen MR) is 51.9 cm³/mol. The largest absolute Gasteiger partial charge is 0.409 e.